The average molecular weight is 248 g/mol. The quantitative estimate of drug-likeness (QED) is 0.766. The van der Waals surface area contributed by atoms with Crippen molar-refractivity contribution in [3.05, 3.63) is 30.2 Å². The maximum absolute atomic E-state index is 13.1. The van der Waals surface area contributed by atoms with Gasteiger partial charge in [0.25, 0.3) is 0 Å². The van der Waals surface area contributed by atoms with Crippen molar-refractivity contribution < 1.29 is 13.9 Å². The van der Waals surface area contributed by atoms with E-state index in [0.29, 0.717) is 0 Å². The molecule has 0 aliphatic heterocycles. The number of rotatable bonds is 2. The minimum Gasteiger partial charge on any atom is -0.469 e. The number of methoxy groups -OCH3 is 1. The van der Waals surface area contributed by atoms with Crippen LogP contribution in [0, 0.1) is 11.7 Å². The Morgan fingerprint density at radius 3 is 3.00 bits per heavy atom. The summed E-state index contributed by atoms with van der Waals surface area (Å²) in [6, 6.07) is 4.83. The molecule has 0 radical (unpaired) electrons. The average Bonchev–Trinajstić information content (AvgIpc) is 2.70. The van der Waals surface area contributed by atoms with Gasteiger partial charge in [-0.15, -0.1) is 0 Å². The number of esters is 1. The highest BCUT2D eigenvalue weighted by atomic mass is 19.1. The molecule has 5 heteroatoms. The van der Waals surface area contributed by atoms with Crippen LogP contribution in [0.4, 0.5) is 4.39 Å². The van der Waals surface area contributed by atoms with Crippen LogP contribution >= 0.6 is 0 Å². The number of benzene rings is 1. The summed E-state index contributed by atoms with van der Waals surface area (Å²) in [5.41, 5.74) is 0.907. The standard InChI is InChI=1S/C13H13FN2O2/c1-18-13(17)8-5-11(6-8)16-12-3-2-10(14)4-9(12)7-15-16/h2-4,7-8,11H,5-6H2,1H3. The lowest BCUT2D eigenvalue weighted by Gasteiger charge is -2.33. The zero-order valence-electron chi connectivity index (χ0n) is 9.97. The molecule has 94 valence electrons. The van der Waals surface area contributed by atoms with Crippen LogP contribution in [0.2, 0.25) is 0 Å². The lowest BCUT2D eigenvalue weighted by atomic mass is 9.80. The van der Waals surface area contributed by atoms with Crippen molar-refractivity contribution in [3.63, 3.8) is 0 Å². The van der Waals surface area contributed by atoms with Gasteiger partial charge in [0.15, 0.2) is 0 Å². The fraction of sp³-hybridized carbons (Fsp3) is 0.385. The highest BCUT2D eigenvalue weighted by Gasteiger charge is 2.37. The first-order valence-corrected chi connectivity index (χ1v) is 5.89. The van der Waals surface area contributed by atoms with Crippen LogP contribution in [0.25, 0.3) is 10.9 Å². The first-order valence-electron chi connectivity index (χ1n) is 5.89. The summed E-state index contributed by atoms with van der Waals surface area (Å²) in [6.45, 7) is 0. The zero-order chi connectivity index (χ0) is 12.7. The van der Waals surface area contributed by atoms with Crippen LogP contribution in [0.1, 0.15) is 18.9 Å². The second-order valence-corrected chi connectivity index (χ2v) is 4.64. The van der Waals surface area contributed by atoms with Crippen molar-refractivity contribution in [1.82, 2.24) is 9.78 Å². The molecule has 0 N–H and O–H groups in total. The van der Waals surface area contributed by atoms with Crippen LogP contribution in [-0.4, -0.2) is 22.9 Å². The highest BCUT2D eigenvalue weighted by Crippen LogP contribution is 2.39. The van der Waals surface area contributed by atoms with Gasteiger partial charge in [0.05, 0.1) is 30.8 Å². The van der Waals surface area contributed by atoms with Gasteiger partial charge >= 0.3 is 5.97 Å². The van der Waals surface area contributed by atoms with E-state index in [1.54, 1.807) is 12.3 Å². The molecular formula is C13H13FN2O2. The van der Waals surface area contributed by atoms with E-state index in [2.05, 4.69) is 5.10 Å². The molecular weight excluding hydrogens is 235 g/mol. The van der Waals surface area contributed by atoms with Gasteiger partial charge in [0.1, 0.15) is 5.82 Å². The molecule has 1 aliphatic carbocycles. The molecule has 1 aromatic heterocycles. The van der Waals surface area contributed by atoms with Gasteiger partial charge in [0.2, 0.25) is 0 Å². The predicted octanol–water partition coefficient (Wildman–Crippen LogP) is 2.30. The number of halogens is 1. The summed E-state index contributed by atoms with van der Waals surface area (Å²) >= 11 is 0. The summed E-state index contributed by atoms with van der Waals surface area (Å²) in [6.07, 6.45) is 3.13. The minimum absolute atomic E-state index is 0.0281. The Balaban J connectivity index is 1.83. The molecule has 3 rings (SSSR count). The van der Waals surface area contributed by atoms with E-state index in [0.717, 1.165) is 23.7 Å². The SMILES string of the molecule is COC(=O)C1CC(n2ncc3cc(F)ccc32)C1. The second kappa shape index (κ2) is 4.08. The van der Waals surface area contributed by atoms with Gasteiger partial charge in [0, 0.05) is 5.39 Å². The largest absolute Gasteiger partial charge is 0.469 e. The Morgan fingerprint density at radius 1 is 1.50 bits per heavy atom. The third-order valence-corrected chi connectivity index (χ3v) is 3.55. The van der Waals surface area contributed by atoms with E-state index < -0.39 is 0 Å². The van der Waals surface area contributed by atoms with E-state index in [4.69, 9.17) is 4.74 Å². The molecule has 0 saturated heterocycles. The van der Waals surface area contributed by atoms with E-state index in [9.17, 15) is 9.18 Å². The van der Waals surface area contributed by atoms with Crippen LogP contribution in [0.5, 0.6) is 0 Å². The number of carbonyl (C=O) groups is 1. The summed E-state index contributed by atoms with van der Waals surface area (Å²) in [5, 5.41) is 5.06. The molecule has 0 bridgehead atoms. The fourth-order valence-corrected chi connectivity index (χ4v) is 2.46. The lowest BCUT2D eigenvalue weighted by molar-refractivity contribution is -0.149. The van der Waals surface area contributed by atoms with Gasteiger partial charge < -0.3 is 4.74 Å². The summed E-state index contributed by atoms with van der Waals surface area (Å²) in [5.74, 6) is -0.448. The van der Waals surface area contributed by atoms with Gasteiger partial charge in [-0.05, 0) is 31.0 Å². The Morgan fingerprint density at radius 2 is 2.28 bits per heavy atom. The van der Waals surface area contributed by atoms with E-state index in [1.165, 1.54) is 19.2 Å². The molecule has 1 aromatic carbocycles. The van der Waals surface area contributed by atoms with Crippen molar-refractivity contribution in [3.8, 4) is 0 Å². The van der Waals surface area contributed by atoms with Crippen LogP contribution in [0.3, 0.4) is 0 Å². The number of aromatic nitrogens is 2. The van der Waals surface area contributed by atoms with Gasteiger partial charge in [-0.1, -0.05) is 0 Å². The molecule has 18 heavy (non-hydrogen) atoms. The van der Waals surface area contributed by atoms with Crippen LogP contribution < -0.4 is 0 Å². The van der Waals surface area contributed by atoms with Gasteiger partial charge in [-0.25, -0.2) is 4.39 Å². The van der Waals surface area contributed by atoms with Crippen molar-refractivity contribution in [1.29, 1.82) is 0 Å². The number of fused-ring (bicyclic) bond motifs is 1. The van der Waals surface area contributed by atoms with Crippen molar-refractivity contribution in [2.45, 2.75) is 18.9 Å². The molecule has 1 heterocycles. The van der Waals surface area contributed by atoms with Crippen molar-refractivity contribution in [2.75, 3.05) is 7.11 Å². The molecule has 1 fully saturated rings. The van der Waals surface area contributed by atoms with E-state index >= 15 is 0 Å². The smallest absolute Gasteiger partial charge is 0.308 e. The van der Waals surface area contributed by atoms with Crippen LogP contribution in [-0.2, 0) is 9.53 Å². The Bertz CT molecular complexity index is 602. The monoisotopic (exact) mass is 248 g/mol. The lowest BCUT2D eigenvalue weighted by Crippen LogP contribution is -2.33. The normalized spacial score (nSPS) is 22.8. The van der Waals surface area contributed by atoms with Gasteiger partial charge in [-0.3, -0.25) is 9.48 Å². The number of hydrogen-bond donors (Lipinski definition) is 0. The molecule has 0 amide bonds. The van der Waals surface area contributed by atoms with Crippen molar-refractivity contribution >= 4 is 16.9 Å². The summed E-state index contributed by atoms with van der Waals surface area (Å²) in [4.78, 5) is 11.3. The minimum atomic E-state index is -0.261. The third-order valence-electron chi connectivity index (χ3n) is 3.55. The van der Waals surface area contributed by atoms with Crippen molar-refractivity contribution in [2.24, 2.45) is 5.92 Å². The third kappa shape index (κ3) is 1.66. The van der Waals surface area contributed by atoms with E-state index in [-0.39, 0.29) is 23.7 Å². The maximum atomic E-state index is 13.1. The molecule has 0 spiro atoms. The first-order chi connectivity index (χ1) is 8.69. The maximum Gasteiger partial charge on any atom is 0.308 e. The number of nitrogens with zero attached hydrogens (tertiary/aromatic N) is 2. The molecule has 4 nitrogen and oxygen atoms in total. The highest BCUT2D eigenvalue weighted by molar-refractivity contribution is 5.79. The molecule has 0 atom stereocenters. The second-order valence-electron chi connectivity index (χ2n) is 4.64. The first kappa shape index (κ1) is 11.2. The zero-order valence-corrected chi connectivity index (χ0v) is 9.97. The Labute approximate surface area is 103 Å². The van der Waals surface area contributed by atoms with Crippen LogP contribution in [0.15, 0.2) is 24.4 Å². The predicted molar refractivity (Wildman–Crippen MR) is 63.5 cm³/mol. The fourth-order valence-electron chi connectivity index (χ4n) is 2.46. The topological polar surface area (TPSA) is 44.1 Å². The molecule has 2 aromatic rings. The number of hydrogen-bond acceptors (Lipinski definition) is 3. The summed E-state index contributed by atoms with van der Waals surface area (Å²) in [7, 11) is 1.40. The van der Waals surface area contributed by atoms with E-state index in [1.807, 2.05) is 4.68 Å². The molecule has 0 unspecified atom stereocenters. The van der Waals surface area contributed by atoms with Gasteiger partial charge in [-0.2, -0.15) is 5.10 Å². The summed E-state index contributed by atoms with van der Waals surface area (Å²) < 4.78 is 19.6. The Hall–Kier alpha value is -1.91. The molecule has 1 saturated carbocycles. The Kier molecular flexibility index (Phi) is 2.54. The number of carbonyl (C=O) groups excluding carboxylic acids is 1. The number of ether oxygens (including phenoxy) is 1. The molecule has 1 aliphatic rings.